The van der Waals surface area contributed by atoms with Crippen LogP contribution in [0.5, 0.6) is 0 Å². The number of nitrogens with two attached hydrogens (primary N) is 2. The van der Waals surface area contributed by atoms with E-state index in [1.54, 1.807) is 18.2 Å². The van der Waals surface area contributed by atoms with Crippen molar-refractivity contribution in [2.24, 2.45) is 0 Å². The third-order valence-electron chi connectivity index (χ3n) is 6.26. The van der Waals surface area contributed by atoms with E-state index in [0.29, 0.717) is 24.2 Å². The summed E-state index contributed by atoms with van der Waals surface area (Å²) >= 11 is 0. The average Bonchev–Trinajstić information content (AvgIpc) is 3.32. The molecule has 5 atom stereocenters. The maximum absolute atomic E-state index is 12.3. The fourth-order valence-electron chi connectivity index (χ4n) is 4.34. The van der Waals surface area contributed by atoms with Crippen molar-refractivity contribution in [1.29, 1.82) is 0 Å². The molecule has 2 fully saturated rings. The van der Waals surface area contributed by atoms with E-state index in [2.05, 4.69) is 10.3 Å². The summed E-state index contributed by atoms with van der Waals surface area (Å²) in [5.41, 5.74) is 12.3. The van der Waals surface area contributed by atoms with Crippen molar-refractivity contribution < 1.29 is 34.4 Å². The van der Waals surface area contributed by atoms with Gasteiger partial charge in [0, 0.05) is 36.0 Å². The third-order valence-corrected chi connectivity index (χ3v) is 6.26. The lowest BCUT2D eigenvalue weighted by atomic mass is 10.0. The summed E-state index contributed by atoms with van der Waals surface area (Å²) in [5, 5.41) is 30.4. The van der Waals surface area contributed by atoms with Crippen LogP contribution in [0, 0.1) is 0 Å². The zero-order valence-corrected chi connectivity index (χ0v) is 19.0. The fraction of sp³-hybridized carbons (Fsp3) is 0.409. The number of benzene rings is 1. The Morgan fingerprint density at radius 2 is 1.86 bits per heavy atom. The van der Waals surface area contributed by atoms with Crippen molar-refractivity contribution in [2.45, 2.75) is 50.0 Å². The van der Waals surface area contributed by atoms with Crippen molar-refractivity contribution in [3.8, 4) is 0 Å². The molecule has 0 radical (unpaired) electrons. The highest BCUT2D eigenvalue weighted by atomic mass is 16.6. The topological polar surface area (TPSA) is 223 Å². The molecular weight excluding hydrogens is 476 g/mol. The van der Waals surface area contributed by atoms with Crippen LogP contribution in [0.3, 0.4) is 0 Å². The molecule has 5 rings (SSSR count). The molecule has 4 heterocycles. The van der Waals surface area contributed by atoms with Crippen molar-refractivity contribution >= 4 is 29.2 Å². The number of hydrogen-bond donors (Lipinski definition) is 6. The van der Waals surface area contributed by atoms with Gasteiger partial charge in [-0.25, -0.2) is 4.79 Å². The summed E-state index contributed by atoms with van der Waals surface area (Å²) in [6, 6.07) is 5.95. The summed E-state index contributed by atoms with van der Waals surface area (Å²) in [5.74, 6) is -0.837. The normalized spacial score (nSPS) is 27.4. The van der Waals surface area contributed by atoms with Crippen LogP contribution in [0.4, 0.5) is 11.5 Å². The second kappa shape index (κ2) is 10.0. The molecule has 3 aliphatic heterocycles. The molecule has 1 aromatic carbocycles. The number of aliphatic hydroxyl groups excluding tert-OH is 3. The van der Waals surface area contributed by atoms with Crippen LogP contribution < -0.4 is 22.5 Å². The minimum absolute atomic E-state index is 0.0537. The quantitative estimate of drug-likeness (QED) is 0.189. The molecule has 3 amide bonds. The van der Waals surface area contributed by atoms with Crippen LogP contribution in [0.15, 0.2) is 35.3 Å². The number of hydrogen-bond acceptors (Lipinski definition) is 11. The van der Waals surface area contributed by atoms with Crippen molar-refractivity contribution in [3.63, 3.8) is 0 Å². The predicted molar refractivity (Wildman–Crippen MR) is 123 cm³/mol. The van der Waals surface area contributed by atoms with E-state index in [1.807, 2.05) is 0 Å². The number of ether oxygens (including phenoxy) is 1. The number of nitrogen functional groups attached to an aromatic ring is 2. The minimum Gasteiger partial charge on any atom is -0.398 e. The molecular formula is C22H26N6O8. The molecule has 2 saturated heterocycles. The molecule has 14 heteroatoms. The number of carbonyl (C=O) groups excluding carboxylic acids is 3. The number of fused-ring (bicyclic) bond motifs is 1. The van der Waals surface area contributed by atoms with Gasteiger partial charge >= 0.3 is 5.69 Å². The summed E-state index contributed by atoms with van der Waals surface area (Å²) in [6.07, 6.45) is -2.65. The molecule has 2 aromatic rings. The number of aliphatic hydroxyl groups is 3. The summed E-state index contributed by atoms with van der Waals surface area (Å²) in [6.45, 7) is -0.126. The first-order valence-corrected chi connectivity index (χ1v) is 11.1. The van der Waals surface area contributed by atoms with Crippen LogP contribution >= 0.6 is 0 Å². The lowest BCUT2D eigenvalue weighted by molar-refractivity contribution is -0.136. The van der Waals surface area contributed by atoms with Gasteiger partial charge in [0.15, 0.2) is 6.23 Å². The van der Waals surface area contributed by atoms with Gasteiger partial charge in [0.2, 0.25) is 11.8 Å². The first-order chi connectivity index (χ1) is 17.1. The molecule has 1 unspecified atom stereocenters. The molecule has 36 heavy (non-hydrogen) atoms. The van der Waals surface area contributed by atoms with Crippen LogP contribution in [0.25, 0.3) is 0 Å². The van der Waals surface area contributed by atoms with E-state index >= 15 is 0 Å². The van der Waals surface area contributed by atoms with Gasteiger partial charge in [0.05, 0.1) is 6.61 Å². The number of nitrogens with zero attached hydrogens (tertiary/aromatic N) is 3. The van der Waals surface area contributed by atoms with Gasteiger partial charge < -0.3 is 36.4 Å². The molecule has 0 spiro atoms. The number of piperidine rings is 1. The van der Waals surface area contributed by atoms with E-state index in [0.717, 1.165) is 10.1 Å². The number of anilines is 2. The Morgan fingerprint density at radius 1 is 1.11 bits per heavy atom. The lowest BCUT2D eigenvalue weighted by Crippen LogP contribution is -2.52. The highest BCUT2D eigenvalue weighted by molar-refractivity contribution is 6.06. The van der Waals surface area contributed by atoms with Gasteiger partial charge in [-0.2, -0.15) is 4.98 Å². The second-order valence-corrected chi connectivity index (χ2v) is 8.54. The maximum Gasteiger partial charge on any atom is 0.351 e. The smallest absolute Gasteiger partial charge is 0.351 e. The van der Waals surface area contributed by atoms with Crippen LogP contribution in [-0.2, 0) is 20.9 Å². The number of rotatable bonds is 3. The van der Waals surface area contributed by atoms with Crippen LogP contribution in [-0.4, -0.2) is 78.5 Å². The van der Waals surface area contributed by atoms with Crippen molar-refractivity contribution in [1.82, 2.24) is 19.8 Å². The fourth-order valence-corrected chi connectivity index (χ4v) is 4.34. The van der Waals surface area contributed by atoms with E-state index in [1.165, 1.54) is 17.2 Å². The zero-order chi connectivity index (χ0) is 26.1. The highest BCUT2D eigenvalue weighted by Gasteiger charge is 2.44. The molecule has 192 valence electrons. The highest BCUT2D eigenvalue weighted by Crippen LogP contribution is 2.31. The predicted octanol–water partition coefficient (Wildman–Crippen LogP) is -2.53. The summed E-state index contributed by atoms with van der Waals surface area (Å²) in [4.78, 5) is 51.7. The van der Waals surface area contributed by atoms with E-state index in [9.17, 15) is 29.4 Å². The molecule has 1 aromatic heterocycles. The van der Waals surface area contributed by atoms with Gasteiger partial charge in [-0.15, -0.1) is 0 Å². The SMILES string of the molecule is Nc1cccc2c1CN(C1CCC(=O)NC1=O)C2=O.Nc1ccn([C@@H]2O[C@H](CO)[C@@H](O)[C@@H]2O)c(=O)n1. The Balaban J connectivity index is 0.000000170. The molecule has 0 saturated carbocycles. The summed E-state index contributed by atoms with van der Waals surface area (Å²) < 4.78 is 6.19. The molecule has 0 aliphatic carbocycles. The van der Waals surface area contributed by atoms with Gasteiger partial charge in [-0.1, -0.05) is 6.07 Å². The minimum atomic E-state index is -1.31. The Hall–Kier alpha value is -3.85. The molecule has 0 bridgehead atoms. The molecule has 14 nitrogen and oxygen atoms in total. The van der Waals surface area contributed by atoms with Crippen LogP contribution in [0.2, 0.25) is 0 Å². The number of carbonyl (C=O) groups is 3. The largest absolute Gasteiger partial charge is 0.398 e. The maximum atomic E-state index is 12.3. The Kier molecular flexibility index (Phi) is 7.03. The number of aromatic nitrogens is 2. The Bertz CT molecular complexity index is 1250. The van der Waals surface area contributed by atoms with Gasteiger partial charge in [0.1, 0.15) is 30.2 Å². The van der Waals surface area contributed by atoms with E-state index in [-0.39, 0.29) is 24.1 Å². The summed E-state index contributed by atoms with van der Waals surface area (Å²) in [7, 11) is 0. The Morgan fingerprint density at radius 3 is 2.47 bits per heavy atom. The number of nitrogens with one attached hydrogen (secondary N) is 1. The van der Waals surface area contributed by atoms with E-state index < -0.39 is 48.8 Å². The van der Waals surface area contributed by atoms with Crippen LogP contribution in [0.1, 0.15) is 35.0 Å². The molecule has 3 aliphatic rings. The number of amides is 3. The van der Waals surface area contributed by atoms with Gasteiger partial charge in [-0.3, -0.25) is 24.3 Å². The molecule has 8 N–H and O–H groups in total. The van der Waals surface area contributed by atoms with E-state index in [4.69, 9.17) is 21.3 Å². The number of imide groups is 1. The van der Waals surface area contributed by atoms with Crippen molar-refractivity contribution in [2.75, 3.05) is 18.1 Å². The van der Waals surface area contributed by atoms with Crippen molar-refractivity contribution in [3.05, 3.63) is 52.1 Å². The first-order valence-electron chi connectivity index (χ1n) is 11.1. The second-order valence-electron chi connectivity index (χ2n) is 8.54. The van der Waals surface area contributed by atoms with Gasteiger partial charge in [0.25, 0.3) is 5.91 Å². The average molecular weight is 502 g/mol. The monoisotopic (exact) mass is 502 g/mol. The Labute approximate surface area is 204 Å². The first kappa shape index (κ1) is 25.2. The van der Waals surface area contributed by atoms with Gasteiger partial charge in [-0.05, 0) is 24.6 Å². The lowest BCUT2D eigenvalue weighted by Gasteiger charge is -2.29. The standard InChI is InChI=1S/C13H13N3O3.C9H13N3O5/c14-9-3-1-2-7-8(9)6-16(13(7)19)10-4-5-11(17)15-12(10)18;10-5-1-2-12(9(16)11-5)8-7(15)6(14)4(3-13)17-8/h1-3,10H,4-6,14H2,(H,15,17,18);1-2,4,6-8,13-15H,3H2,(H2,10,11,16)/t;4-,6-,7+,8-/m.1/s1. The third kappa shape index (κ3) is 4.66. The zero-order valence-electron chi connectivity index (χ0n) is 19.0.